The zero-order chi connectivity index (χ0) is 19.1. The van der Waals surface area contributed by atoms with Crippen molar-refractivity contribution in [2.24, 2.45) is 0 Å². The molecule has 0 unspecified atom stereocenters. The summed E-state index contributed by atoms with van der Waals surface area (Å²) in [7, 11) is 0. The molecule has 0 heterocycles. The van der Waals surface area contributed by atoms with Gasteiger partial charge in [-0.15, -0.1) is 0 Å². The summed E-state index contributed by atoms with van der Waals surface area (Å²) in [4.78, 5) is 35.5. The van der Waals surface area contributed by atoms with Gasteiger partial charge in [-0.25, -0.2) is 0 Å². The molecule has 1 atom stereocenters. The average Bonchev–Trinajstić information content (AvgIpc) is 2.59. The van der Waals surface area contributed by atoms with Gasteiger partial charge in [0, 0.05) is 24.7 Å². The fraction of sp³-hybridized carbons (Fsp3) is 0.250. The number of carbonyl (C=O) groups excluding carboxylic acids is 3. The highest BCUT2D eigenvalue weighted by Crippen LogP contribution is 2.10. The van der Waals surface area contributed by atoms with Gasteiger partial charge < -0.3 is 16.0 Å². The smallest absolute Gasteiger partial charge is 0.251 e. The first-order valence-corrected chi connectivity index (χ1v) is 8.37. The van der Waals surface area contributed by atoms with E-state index in [0.29, 0.717) is 17.8 Å². The Hall–Kier alpha value is -3.15. The number of benzene rings is 2. The number of anilines is 1. The molecule has 2 aromatic rings. The second-order valence-corrected chi connectivity index (χ2v) is 6.16. The van der Waals surface area contributed by atoms with Crippen molar-refractivity contribution in [3.63, 3.8) is 0 Å². The first kappa shape index (κ1) is 19.2. The van der Waals surface area contributed by atoms with E-state index in [4.69, 9.17) is 0 Å². The van der Waals surface area contributed by atoms with Gasteiger partial charge in [0.25, 0.3) is 5.91 Å². The van der Waals surface area contributed by atoms with Crippen molar-refractivity contribution in [2.75, 3.05) is 5.32 Å². The van der Waals surface area contributed by atoms with Gasteiger partial charge in [-0.05, 0) is 43.7 Å². The zero-order valence-corrected chi connectivity index (χ0v) is 15.1. The molecule has 0 saturated heterocycles. The van der Waals surface area contributed by atoms with Crippen molar-refractivity contribution >= 4 is 23.4 Å². The number of carbonyl (C=O) groups is 3. The third-order valence-electron chi connectivity index (χ3n) is 3.74. The molecule has 3 N–H and O–H groups in total. The molecule has 0 aliphatic carbocycles. The van der Waals surface area contributed by atoms with Crippen LogP contribution in [0.4, 0.5) is 5.69 Å². The molecule has 0 aromatic heterocycles. The number of nitrogens with one attached hydrogen (secondary N) is 3. The SMILES string of the molecule is CC(=O)Nc1cccc(CNC(=O)[C@H](C)NC(=O)c2cccc(C)c2)c1. The van der Waals surface area contributed by atoms with E-state index in [1.54, 1.807) is 43.3 Å². The molecular formula is C20H23N3O3. The Morgan fingerprint density at radius 3 is 2.46 bits per heavy atom. The van der Waals surface area contributed by atoms with E-state index in [-0.39, 0.29) is 17.7 Å². The van der Waals surface area contributed by atoms with Crippen molar-refractivity contribution < 1.29 is 14.4 Å². The Kier molecular flexibility index (Phi) is 6.49. The lowest BCUT2D eigenvalue weighted by Gasteiger charge is -2.15. The van der Waals surface area contributed by atoms with E-state index in [2.05, 4.69) is 16.0 Å². The van der Waals surface area contributed by atoms with Crippen LogP contribution < -0.4 is 16.0 Å². The summed E-state index contributed by atoms with van der Waals surface area (Å²) in [6, 6.07) is 13.7. The van der Waals surface area contributed by atoms with Gasteiger partial charge in [-0.2, -0.15) is 0 Å². The Bertz CT molecular complexity index is 817. The summed E-state index contributed by atoms with van der Waals surface area (Å²) in [6.45, 7) is 5.28. The van der Waals surface area contributed by atoms with E-state index in [1.165, 1.54) is 6.92 Å². The maximum Gasteiger partial charge on any atom is 0.251 e. The standard InChI is InChI=1S/C20H23N3O3/c1-13-6-4-8-17(10-13)20(26)22-14(2)19(25)21-12-16-7-5-9-18(11-16)23-15(3)24/h4-11,14H,12H2,1-3H3,(H,21,25)(H,22,26)(H,23,24)/t14-/m0/s1. The molecule has 0 fully saturated rings. The molecule has 0 spiro atoms. The second kappa shape index (κ2) is 8.80. The van der Waals surface area contributed by atoms with Gasteiger partial charge >= 0.3 is 0 Å². The summed E-state index contributed by atoms with van der Waals surface area (Å²) in [5.74, 6) is -0.724. The predicted octanol–water partition coefficient (Wildman–Crippen LogP) is 2.39. The van der Waals surface area contributed by atoms with Gasteiger partial charge in [-0.3, -0.25) is 14.4 Å². The van der Waals surface area contributed by atoms with Crippen LogP contribution in [0.3, 0.4) is 0 Å². The van der Waals surface area contributed by atoms with E-state index in [1.807, 2.05) is 19.1 Å². The van der Waals surface area contributed by atoms with E-state index in [0.717, 1.165) is 11.1 Å². The van der Waals surface area contributed by atoms with Crippen molar-refractivity contribution in [3.8, 4) is 0 Å². The highest BCUT2D eigenvalue weighted by Gasteiger charge is 2.16. The topological polar surface area (TPSA) is 87.3 Å². The fourth-order valence-electron chi connectivity index (χ4n) is 2.44. The van der Waals surface area contributed by atoms with E-state index < -0.39 is 6.04 Å². The summed E-state index contributed by atoms with van der Waals surface area (Å²) >= 11 is 0. The Balaban J connectivity index is 1.89. The Labute approximate surface area is 153 Å². The molecule has 0 radical (unpaired) electrons. The third-order valence-corrected chi connectivity index (χ3v) is 3.74. The van der Waals surface area contributed by atoms with Crippen LogP contribution in [0.5, 0.6) is 0 Å². The number of rotatable bonds is 6. The molecule has 0 aliphatic rings. The van der Waals surface area contributed by atoms with Crippen molar-refractivity contribution in [3.05, 3.63) is 65.2 Å². The van der Waals surface area contributed by atoms with Crippen LogP contribution in [0.25, 0.3) is 0 Å². The van der Waals surface area contributed by atoms with Crippen LogP contribution in [-0.4, -0.2) is 23.8 Å². The molecule has 26 heavy (non-hydrogen) atoms. The van der Waals surface area contributed by atoms with Crippen LogP contribution in [0.1, 0.15) is 35.3 Å². The lowest BCUT2D eigenvalue weighted by atomic mass is 10.1. The van der Waals surface area contributed by atoms with Gasteiger partial charge in [0.05, 0.1) is 0 Å². The average molecular weight is 353 g/mol. The maximum absolute atomic E-state index is 12.2. The minimum atomic E-state index is -0.665. The number of hydrogen-bond acceptors (Lipinski definition) is 3. The number of hydrogen-bond donors (Lipinski definition) is 3. The monoisotopic (exact) mass is 353 g/mol. The van der Waals surface area contributed by atoms with Gasteiger partial charge in [-0.1, -0.05) is 29.8 Å². The van der Waals surface area contributed by atoms with Crippen molar-refractivity contribution in [1.29, 1.82) is 0 Å². The van der Waals surface area contributed by atoms with Crippen LogP contribution in [0.2, 0.25) is 0 Å². The second-order valence-electron chi connectivity index (χ2n) is 6.16. The summed E-state index contributed by atoms with van der Waals surface area (Å²) < 4.78 is 0. The summed E-state index contributed by atoms with van der Waals surface area (Å²) in [5, 5.41) is 8.17. The molecule has 2 aromatic carbocycles. The Morgan fingerprint density at radius 1 is 1.04 bits per heavy atom. The van der Waals surface area contributed by atoms with Crippen molar-refractivity contribution in [1.82, 2.24) is 10.6 Å². The molecule has 0 saturated carbocycles. The first-order valence-electron chi connectivity index (χ1n) is 8.37. The largest absolute Gasteiger partial charge is 0.350 e. The van der Waals surface area contributed by atoms with Crippen LogP contribution in [0, 0.1) is 6.92 Å². The normalized spacial score (nSPS) is 11.3. The van der Waals surface area contributed by atoms with Crippen LogP contribution >= 0.6 is 0 Å². The lowest BCUT2D eigenvalue weighted by Crippen LogP contribution is -2.44. The molecule has 6 nitrogen and oxygen atoms in total. The fourth-order valence-corrected chi connectivity index (χ4v) is 2.44. The molecule has 0 bridgehead atoms. The highest BCUT2D eigenvalue weighted by atomic mass is 16.2. The number of aryl methyl sites for hydroxylation is 1. The quantitative estimate of drug-likeness (QED) is 0.745. The molecule has 3 amide bonds. The van der Waals surface area contributed by atoms with Crippen molar-refractivity contribution in [2.45, 2.75) is 33.4 Å². The van der Waals surface area contributed by atoms with E-state index >= 15 is 0 Å². The maximum atomic E-state index is 12.2. The minimum Gasteiger partial charge on any atom is -0.350 e. The first-order chi connectivity index (χ1) is 12.3. The van der Waals surface area contributed by atoms with Crippen LogP contribution in [0.15, 0.2) is 48.5 Å². The van der Waals surface area contributed by atoms with Gasteiger partial charge in [0.2, 0.25) is 11.8 Å². The molecule has 0 aliphatic heterocycles. The zero-order valence-electron chi connectivity index (χ0n) is 15.1. The molecule has 2 rings (SSSR count). The summed E-state index contributed by atoms with van der Waals surface area (Å²) in [5.41, 5.74) is 3.02. The molecule has 6 heteroatoms. The number of amides is 3. The van der Waals surface area contributed by atoms with E-state index in [9.17, 15) is 14.4 Å². The predicted molar refractivity (Wildman–Crippen MR) is 101 cm³/mol. The highest BCUT2D eigenvalue weighted by molar-refractivity contribution is 5.97. The minimum absolute atomic E-state index is 0.154. The molecule has 136 valence electrons. The Morgan fingerprint density at radius 2 is 1.77 bits per heavy atom. The van der Waals surface area contributed by atoms with Gasteiger partial charge in [0.1, 0.15) is 6.04 Å². The van der Waals surface area contributed by atoms with Crippen LogP contribution in [-0.2, 0) is 16.1 Å². The lowest BCUT2D eigenvalue weighted by molar-refractivity contribution is -0.122. The van der Waals surface area contributed by atoms with Gasteiger partial charge in [0.15, 0.2) is 0 Å². The molecular weight excluding hydrogens is 330 g/mol. The third kappa shape index (κ3) is 5.73. The summed E-state index contributed by atoms with van der Waals surface area (Å²) in [6.07, 6.45) is 0.